The van der Waals surface area contributed by atoms with Crippen LogP contribution in [0.25, 0.3) is 0 Å². The number of halogens is 2. The van der Waals surface area contributed by atoms with Gasteiger partial charge in [0.25, 0.3) is 0 Å². The van der Waals surface area contributed by atoms with Crippen LogP contribution in [0.2, 0.25) is 0 Å². The number of hydrogen-bond acceptors (Lipinski definition) is 4. The summed E-state index contributed by atoms with van der Waals surface area (Å²) in [5.74, 6) is -0.522. The molecule has 0 aliphatic carbocycles. The summed E-state index contributed by atoms with van der Waals surface area (Å²) in [6, 6.07) is 10.2. The van der Waals surface area contributed by atoms with Gasteiger partial charge in [-0.2, -0.15) is 0 Å². The molecule has 0 fully saturated rings. The Hall–Kier alpha value is -1.50. The second-order valence-corrected chi connectivity index (χ2v) is 4.60. The summed E-state index contributed by atoms with van der Waals surface area (Å²) in [5.41, 5.74) is 6.32. The normalized spacial score (nSPS) is 9.13. The lowest BCUT2D eigenvalue weighted by Gasteiger charge is -2.23. The van der Waals surface area contributed by atoms with Gasteiger partial charge in [-0.05, 0) is 25.5 Å². The van der Waals surface area contributed by atoms with Crippen molar-refractivity contribution >= 4 is 42.3 Å². The molecule has 0 saturated carbocycles. The maximum atomic E-state index is 11.5. The predicted molar refractivity (Wildman–Crippen MR) is 98.5 cm³/mol. The van der Waals surface area contributed by atoms with E-state index in [1.54, 1.807) is 0 Å². The van der Waals surface area contributed by atoms with Crippen LogP contribution in [0.5, 0.6) is 0 Å². The maximum Gasteiger partial charge on any atom is 0.239 e. The summed E-state index contributed by atoms with van der Waals surface area (Å²) in [6.07, 6.45) is 0.847. The molecule has 23 heavy (non-hydrogen) atoms. The summed E-state index contributed by atoms with van der Waals surface area (Å²) >= 11 is 0. The third-order valence-electron chi connectivity index (χ3n) is 3.06. The highest BCUT2D eigenvalue weighted by Crippen LogP contribution is 2.12. The minimum Gasteiger partial charge on any atom is -0.372 e. The van der Waals surface area contributed by atoms with E-state index < -0.39 is 0 Å². The lowest BCUT2D eigenvalue weighted by molar-refractivity contribution is -0.125. The van der Waals surface area contributed by atoms with E-state index in [0.717, 1.165) is 19.5 Å². The molecule has 1 rings (SSSR count). The monoisotopic (exact) mass is 364 g/mol. The molecular weight excluding hydrogens is 339 g/mol. The minimum absolute atomic E-state index is 0. The molecule has 0 unspecified atom stereocenters. The molecule has 0 spiro atoms. The van der Waals surface area contributed by atoms with Crippen LogP contribution in [0.4, 0.5) is 5.69 Å². The molecule has 8 heteroatoms. The van der Waals surface area contributed by atoms with E-state index in [4.69, 9.17) is 5.73 Å². The Bertz CT molecular complexity index is 446. The predicted octanol–water partition coefficient (Wildman–Crippen LogP) is 0.938. The second-order valence-electron chi connectivity index (χ2n) is 4.60. The Morgan fingerprint density at radius 2 is 1.74 bits per heavy atom. The number of rotatable bonds is 9. The molecule has 1 aromatic rings. The first-order chi connectivity index (χ1) is 10.2. The van der Waals surface area contributed by atoms with E-state index in [0.29, 0.717) is 6.54 Å². The molecule has 0 aliphatic rings. The number of nitrogens with zero attached hydrogens (tertiary/aromatic N) is 1. The second kappa shape index (κ2) is 14.1. The number of nitrogens with two attached hydrogens (primary N) is 1. The van der Waals surface area contributed by atoms with E-state index in [1.807, 2.05) is 18.2 Å². The van der Waals surface area contributed by atoms with Crippen LogP contribution in [0.15, 0.2) is 30.3 Å². The van der Waals surface area contributed by atoms with Crippen LogP contribution in [0, 0.1) is 0 Å². The summed E-state index contributed by atoms with van der Waals surface area (Å²) in [4.78, 5) is 24.6. The summed E-state index contributed by atoms with van der Waals surface area (Å²) in [7, 11) is 0. The zero-order chi connectivity index (χ0) is 15.5. The van der Waals surface area contributed by atoms with Crippen molar-refractivity contribution in [1.82, 2.24) is 10.6 Å². The summed E-state index contributed by atoms with van der Waals surface area (Å²) in [5, 5.41) is 5.20. The van der Waals surface area contributed by atoms with Crippen LogP contribution < -0.4 is 21.3 Å². The molecule has 0 radical (unpaired) electrons. The van der Waals surface area contributed by atoms with Crippen LogP contribution in [0.3, 0.4) is 0 Å². The van der Waals surface area contributed by atoms with Crippen molar-refractivity contribution in [3.05, 3.63) is 30.3 Å². The van der Waals surface area contributed by atoms with Gasteiger partial charge < -0.3 is 21.3 Å². The van der Waals surface area contributed by atoms with Crippen molar-refractivity contribution in [3.63, 3.8) is 0 Å². The molecule has 1 aromatic carbocycles. The van der Waals surface area contributed by atoms with Gasteiger partial charge in [0.1, 0.15) is 0 Å². The van der Waals surface area contributed by atoms with Crippen molar-refractivity contribution in [1.29, 1.82) is 0 Å². The van der Waals surface area contributed by atoms with E-state index in [2.05, 4.69) is 34.6 Å². The first-order valence-electron chi connectivity index (χ1n) is 7.20. The number of hydrogen-bond donors (Lipinski definition) is 3. The van der Waals surface area contributed by atoms with Crippen molar-refractivity contribution in [2.45, 2.75) is 13.3 Å². The van der Waals surface area contributed by atoms with Crippen LogP contribution >= 0.6 is 24.8 Å². The van der Waals surface area contributed by atoms with Gasteiger partial charge in [0.2, 0.25) is 11.8 Å². The lowest BCUT2D eigenvalue weighted by atomic mass is 10.2. The molecular formula is C15H26Cl2N4O2. The Labute approximate surface area is 150 Å². The number of anilines is 1. The SMILES string of the molecule is CCN(CCCNC(=O)CNC(=O)CN)c1ccccc1.Cl.Cl. The Morgan fingerprint density at radius 1 is 1.09 bits per heavy atom. The van der Waals surface area contributed by atoms with E-state index in [9.17, 15) is 9.59 Å². The Balaban J connectivity index is 0. The fraction of sp³-hybridized carbons (Fsp3) is 0.467. The fourth-order valence-corrected chi connectivity index (χ4v) is 1.92. The largest absolute Gasteiger partial charge is 0.372 e. The molecule has 0 saturated heterocycles. The number of carbonyl (C=O) groups excluding carboxylic acids is 2. The van der Waals surface area contributed by atoms with E-state index in [-0.39, 0.29) is 49.7 Å². The van der Waals surface area contributed by atoms with Crippen LogP contribution in [0.1, 0.15) is 13.3 Å². The molecule has 0 aliphatic heterocycles. The van der Waals surface area contributed by atoms with Crippen molar-refractivity contribution in [2.75, 3.05) is 37.6 Å². The van der Waals surface area contributed by atoms with Gasteiger partial charge in [0, 0.05) is 25.3 Å². The highest BCUT2D eigenvalue weighted by Gasteiger charge is 2.05. The van der Waals surface area contributed by atoms with Gasteiger partial charge >= 0.3 is 0 Å². The molecule has 4 N–H and O–H groups in total. The number of amides is 2. The van der Waals surface area contributed by atoms with Crippen molar-refractivity contribution < 1.29 is 9.59 Å². The highest BCUT2D eigenvalue weighted by molar-refractivity contribution is 5.86. The summed E-state index contributed by atoms with van der Waals surface area (Å²) < 4.78 is 0. The summed E-state index contributed by atoms with van der Waals surface area (Å²) in [6.45, 7) is 4.36. The number of carbonyl (C=O) groups is 2. The quantitative estimate of drug-likeness (QED) is 0.569. The van der Waals surface area contributed by atoms with Gasteiger partial charge in [-0.3, -0.25) is 9.59 Å². The molecule has 0 heterocycles. The zero-order valence-corrected chi connectivity index (χ0v) is 14.9. The standard InChI is InChI=1S/C15H24N4O2.2ClH/c1-2-19(13-7-4-3-5-8-13)10-6-9-17-15(21)12-18-14(20)11-16;;/h3-5,7-8H,2,6,9-12,16H2,1H3,(H,17,21)(H,18,20);2*1H. The van der Waals surface area contributed by atoms with E-state index in [1.165, 1.54) is 5.69 Å². The highest BCUT2D eigenvalue weighted by atomic mass is 35.5. The zero-order valence-electron chi connectivity index (χ0n) is 13.3. The maximum absolute atomic E-state index is 11.5. The third-order valence-corrected chi connectivity index (χ3v) is 3.06. The van der Waals surface area contributed by atoms with Crippen molar-refractivity contribution in [3.8, 4) is 0 Å². The van der Waals surface area contributed by atoms with Gasteiger partial charge in [-0.1, -0.05) is 18.2 Å². The van der Waals surface area contributed by atoms with Gasteiger partial charge in [0.15, 0.2) is 0 Å². The topological polar surface area (TPSA) is 87.5 Å². The van der Waals surface area contributed by atoms with Gasteiger partial charge in [0.05, 0.1) is 13.1 Å². The number of benzene rings is 1. The fourth-order valence-electron chi connectivity index (χ4n) is 1.92. The third kappa shape index (κ3) is 9.99. The lowest BCUT2D eigenvalue weighted by Crippen LogP contribution is -2.40. The molecule has 6 nitrogen and oxygen atoms in total. The first-order valence-corrected chi connectivity index (χ1v) is 7.20. The Morgan fingerprint density at radius 3 is 2.30 bits per heavy atom. The van der Waals surface area contributed by atoms with Crippen LogP contribution in [-0.4, -0.2) is 44.5 Å². The number of para-hydroxylation sites is 1. The molecule has 0 atom stereocenters. The molecule has 0 aromatic heterocycles. The van der Waals surface area contributed by atoms with Crippen molar-refractivity contribution in [2.24, 2.45) is 5.73 Å². The first kappa shape index (κ1) is 23.8. The Kier molecular flexibility index (Phi) is 14.6. The minimum atomic E-state index is -0.327. The molecule has 0 bridgehead atoms. The van der Waals surface area contributed by atoms with Crippen LogP contribution in [-0.2, 0) is 9.59 Å². The van der Waals surface area contributed by atoms with E-state index >= 15 is 0 Å². The molecule has 132 valence electrons. The van der Waals surface area contributed by atoms with Gasteiger partial charge in [-0.15, -0.1) is 24.8 Å². The molecule has 2 amide bonds. The van der Waals surface area contributed by atoms with Gasteiger partial charge in [-0.25, -0.2) is 0 Å². The average Bonchev–Trinajstić information content (AvgIpc) is 2.53. The number of nitrogens with one attached hydrogen (secondary N) is 2. The smallest absolute Gasteiger partial charge is 0.239 e. The average molecular weight is 365 g/mol.